The number of anilines is 2. The molecule has 0 atom stereocenters. The highest BCUT2D eigenvalue weighted by molar-refractivity contribution is 5.94. The lowest BCUT2D eigenvalue weighted by molar-refractivity contribution is -0.114. The Morgan fingerprint density at radius 3 is 2.39 bits per heavy atom. The molecule has 3 aromatic rings. The van der Waals surface area contributed by atoms with Gasteiger partial charge in [0.2, 0.25) is 5.91 Å². The molecule has 3 rings (SSSR count). The molecule has 0 unspecified atom stereocenters. The minimum absolute atomic E-state index is 0.0723. The van der Waals surface area contributed by atoms with Crippen molar-refractivity contribution in [2.75, 3.05) is 23.8 Å². The van der Waals surface area contributed by atoms with Crippen LogP contribution in [0, 0.1) is 13.8 Å². The smallest absolute Gasteiger partial charge is 0.243 e. The van der Waals surface area contributed by atoms with Crippen LogP contribution in [0.25, 0.3) is 0 Å². The molecule has 3 aromatic carbocycles. The van der Waals surface area contributed by atoms with E-state index < -0.39 is 0 Å². The molecular weight excluding hydrogens is 348 g/mol. The summed E-state index contributed by atoms with van der Waals surface area (Å²) in [5.74, 6) is 0.748. The number of ether oxygens (including phenoxy) is 1. The maximum atomic E-state index is 12.2. The third-order valence-corrected chi connectivity index (χ3v) is 4.69. The van der Waals surface area contributed by atoms with Crippen molar-refractivity contribution in [3.63, 3.8) is 0 Å². The minimum Gasteiger partial charge on any atom is -0.493 e. The predicted molar refractivity (Wildman–Crippen MR) is 115 cm³/mol. The summed E-state index contributed by atoms with van der Waals surface area (Å²) in [5.41, 5.74) is 5.25. The molecule has 4 nitrogen and oxygen atoms in total. The van der Waals surface area contributed by atoms with Gasteiger partial charge in [-0.15, -0.1) is 0 Å². The Hall–Kier alpha value is -3.27. The summed E-state index contributed by atoms with van der Waals surface area (Å²) in [6, 6.07) is 23.8. The molecule has 0 aliphatic carbocycles. The molecule has 0 bridgehead atoms. The largest absolute Gasteiger partial charge is 0.493 e. The molecule has 0 spiro atoms. The van der Waals surface area contributed by atoms with E-state index in [1.165, 1.54) is 5.56 Å². The Balaban J connectivity index is 1.43. The van der Waals surface area contributed by atoms with E-state index in [-0.39, 0.29) is 12.5 Å². The molecule has 0 aliphatic heterocycles. The Bertz CT molecular complexity index is 906. The van der Waals surface area contributed by atoms with E-state index in [1.807, 2.05) is 74.5 Å². The first-order chi connectivity index (χ1) is 13.6. The van der Waals surface area contributed by atoms with E-state index in [2.05, 4.69) is 22.8 Å². The lowest BCUT2D eigenvalue weighted by atomic mass is 10.1. The molecule has 28 heavy (non-hydrogen) atoms. The first-order valence-corrected chi connectivity index (χ1v) is 9.48. The van der Waals surface area contributed by atoms with Gasteiger partial charge in [0, 0.05) is 17.8 Å². The molecule has 1 amide bonds. The van der Waals surface area contributed by atoms with E-state index in [0.717, 1.165) is 34.7 Å². The maximum absolute atomic E-state index is 12.2. The molecule has 0 radical (unpaired) electrons. The molecule has 0 heterocycles. The quantitative estimate of drug-likeness (QED) is 0.585. The van der Waals surface area contributed by atoms with E-state index in [1.54, 1.807) is 0 Å². The van der Waals surface area contributed by atoms with Crippen molar-refractivity contribution >= 4 is 17.3 Å². The molecule has 0 saturated carbocycles. The third kappa shape index (κ3) is 5.61. The average molecular weight is 374 g/mol. The van der Waals surface area contributed by atoms with Gasteiger partial charge in [-0.25, -0.2) is 0 Å². The highest BCUT2D eigenvalue weighted by atomic mass is 16.5. The number of carbonyl (C=O) groups is 1. The van der Waals surface area contributed by atoms with Crippen molar-refractivity contribution in [1.82, 2.24) is 0 Å². The second-order valence-corrected chi connectivity index (χ2v) is 6.76. The topological polar surface area (TPSA) is 50.4 Å². The molecular formula is C24H26N2O2. The van der Waals surface area contributed by atoms with Gasteiger partial charge in [-0.05, 0) is 60.9 Å². The summed E-state index contributed by atoms with van der Waals surface area (Å²) < 4.78 is 5.79. The van der Waals surface area contributed by atoms with Crippen molar-refractivity contribution in [1.29, 1.82) is 0 Å². The Labute approximate surface area is 166 Å². The van der Waals surface area contributed by atoms with Crippen LogP contribution in [-0.4, -0.2) is 19.1 Å². The van der Waals surface area contributed by atoms with Gasteiger partial charge in [-0.3, -0.25) is 4.79 Å². The van der Waals surface area contributed by atoms with Gasteiger partial charge >= 0.3 is 0 Å². The number of nitrogens with one attached hydrogen (secondary N) is 2. The van der Waals surface area contributed by atoms with Crippen LogP contribution in [0.2, 0.25) is 0 Å². The average Bonchev–Trinajstić information content (AvgIpc) is 2.72. The third-order valence-electron chi connectivity index (χ3n) is 4.69. The van der Waals surface area contributed by atoms with Gasteiger partial charge in [-0.1, -0.05) is 42.5 Å². The van der Waals surface area contributed by atoms with Gasteiger partial charge in [0.1, 0.15) is 5.75 Å². The Morgan fingerprint density at radius 2 is 1.64 bits per heavy atom. The zero-order chi connectivity index (χ0) is 19.8. The highest BCUT2D eigenvalue weighted by Crippen LogP contribution is 2.18. The first kappa shape index (κ1) is 19.5. The fourth-order valence-corrected chi connectivity index (χ4v) is 2.86. The normalized spacial score (nSPS) is 10.4. The van der Waals surface area contributed by atoms with Crippen LogP contribution < -0.4 is 15.4 Å². The summed E-state index contributed by atoms with van der Waals surface area (Å²) in [4.78, 5) is 12.2. The molecule has 0 aromatic heterocycles. The van der Waals surface area contributed by atoms with Crippen molar-refractivity contribution in [2.45, 2.75) is 20.3 Å². The van der Waals surface area contributed by atoms with E-state index in [4.69, 9.17) is 4.74 Å². The second-order valence-electron chi connectivity index (χ2n) is 6.76. The standard InChI is InChI=1S/C24H26N2O2/c1-18-7-6-10-23(19(18)2)26-24(27)17-25-21-11-13-22(14-12-21)28-16-15-20-8-4-3-5-9-20/h3-14,25H,15-17H2,1-2H3,(H,26,27). The van der Waals surface area contributed by atoms with Gasteiger partial charge in [-0.2, -0.15) is 0 Å². The fourth-order valence-electron chi connectivity index (χ4n) is 2.86. The first-order valence-electron chi connectivity index (χ1n) is 9.48. The van der Waals surface area contributed by atoms with Crippen molar-refractivity contribution in [3.05, 3.63) is 89.5 Å². The Kier molecular flexibility index (Phi) is 6.68. The van der Waals surface area contributed by atoms with Gasteiger partial charge < -0.3 is 15.4 Å². The molecule has 0 saturated heterocycles. The SMILES string of the molecule is Cc1cccc(NC(=O)CNc2ccc(OCCc3ccccc3)cc2)c1C. The monoisotopic (exact) mass is 374 g/mol. The van der Waals surface area contributed by atoms with Crippen molar-refractivity contribution < 1.29 is 9.53 Å². The fraction of sp³-hybridized carbons (Fsp3) is 0.208. The number of benzene rings is 3. The number of aryl methyl sites for hydroxylation is 1. The van der Waals surface area contributed by atoms with Crippen LogP contribution >= 0.6 is 0 Å². The number of amides is 1. The van der Waals surface area contributed by atoms with Crippen LogP contribution in [0.4, 0.5) is 11.4 Å². The van der Waals surface area contributed by atoms with Crippen LogP contribution in [0.5, 0.6) is 5.75 Å². The number of rotatable bonds is 8. The zero-order valence-electron chi connectivity index (χ0n) is 16.4. The van der Waals surface area contributed by atoms with Gasteiger partial charge in [0.25, 0.3) is 0 Å². The molecule has 0 aliphatic rings. The van der Waals surface area contributed by atoms with E-state index in [0.29, 0.717) is 6.61 Å². The molecule has 144 valence electrons. The summed E-state index contributed by atoms with van der Waals surface area (Å²) in [7, 11) is 0. The summed E-state index contributed by atoms with van der Waals surface area (Å²) in [5, 5.41) is 6.09. The van der Waals surface area contributed by atoms with Crippen molar-refractivity contribution in [2.24, 2.45) is 0 Å². The minimum atomic E-state index is -0.0723. The maximum Gasteiger partial charge on any atom is 0.243 e. The lowest BCUT2D eigenvalue weighted by Gasteiger charge is -2.12. The van der Waals surface area contributed by atoms with Crippen LogP contribution in [-0.2, 0) is 11.2 Å². The Morgan fingerprint density at radius 1 is 0.893 bits per heavy atom. The molecule has 4 heteroatoms. The van der Waals surface area contributed by atoms with Gasteiger partial charge in [0.15, 0.2) is 0 Å². The number of hydrogen-bond donors (Lipinski definition) is 2. The highest BCUT2D eigenvalue weighted by Gasteiger charge is 2.06. The molecule has 0 fully saturated rings. The number of carbonyl (C=O) groups excluding carboxylic acids is 1. The van der Waals surface area contributed by atoms with E-state index in [9.17, 15) is 4.79 Å². The summed E-state index contributed by atoms with van der Waals surface area (Å²) in [6.45, 7) is 4.89. The molecule has 2 N–H and O–H groups in total. The summed E-state index contributed by atoms with van der Waals surface area (Å²) in [6.07, 6.45) is 0.874. The summed E-state index contributed by atoms with van der Waals surface area (Å²) >= 11 is 0. The predicted octanol–water partition coefficient (Wildman–Crippen LogP) is 4.98. The number of hydrogen-bond acceptors (Lipinski definition) is 3. The second kappa shape index (κ2) is 9.60. The van der Waals surface area contributed by atoms with E-state index >= 15 is 0 Å². The van der Waals surface area contributed by atoms with Crippen LogP contribution in [0.15, 0.2) is 72.8 Å². The lowest BCUT2D eigenvalue weighted by Crippen LogP contribution is -2.22. The van der Waals surface area contributed by atoms with Crippen LogP contribution in [0.1, 0.15) is 16.7 Å². The van der Waals surface area contributed by atoms with Crippen molar-refractivity contribution in [3.8, 4) is 5.75 Å². The zero-order valence-corrected chi connectivity index (χ0v) is 16.4. The van der Waals surface area contributed by atoms with Gasteiger partial charge in [0.05, 0.1) is 13.2 Å². The van der Waals surface area contributed by atoms with Crippen LogP contribution in [0.3, 0.4) is 0 Å².